The van der Waals surface area contributed by atoms with Gasteiger partial charge in [0.2, 0.25) is 0 Å². The maximum absolute atomic E-state index is 5.29. The van der Waals surface area contributed by atoms with E-state index >= 15 is 0 Å². The molecular formula is C20H21N3O. The van der Waals surface area contributed by atoms with Gasteiger partial charge in [0.15, 0.2) is 0 Å². The van der Waals surface area contributed by atoms with Crippen molar-refractivity contribution < 1.29 is 4.74 Å². The Bertz CT molecular complexity index is 790. The Hall–Kier alpha value is -2.72. The fourth-order valence-electron chi connectivity index (χ4n) is 2.61. The minimum atomic E-state index is 0.240. The third kappa shape index (κ3) is 3.97. The molecule has 0 saturated heterocycles. The molecule has 1 heterocycles. The minimum Gasteiger partial charge on any atom is -0.497 e. The molecule has 0 bridgehead atoms. The Morgan fingerprint density at radius 3 is 2.58 bits per heavy atom. The highest BCUT2D eigenvalue weighted by Gasteiger charge is 2.06. The molecule has 4 heteroatoms. The van der Waals surface area contributed by atoms with E-state index in [0.717, 1.165) is 23.4 Å². The molecule has 0 unspecified atom stereocenters. The number of benzene rings is 2. The first-order valence-electron chi connectivity index (χ1n) is 7.98. The number of nitrogens with one attached hydrogen (secondary N) is 1. The summed E-state index contributed by atoms with van der Waals surface area (Å²) in [7, 11) is 1.69. The van der Waals surface area contributed by atoms with Crippen LogP contribution >= 0.6 is 0 Å². The van der Waals surface area contributed by atoms with Crippen LogP contribution in [0.25, 0.3) is 11.1 Å². The maximum atomic E-state index is 5.29. The smallest absolute Gasteiger partial charge is 0.119 e. The van der Waals surface area contributed by atoms with E-state index < -0.39 is 0 Å². The molecule has 122 valence electrons. The molecule has 0 aliphatic heterocycles. The summed E-state index contributed by atoms with van der Waals surface area (Å²) >= 11 is 0. The lowest BCUT2D eigenvalue weighted by molar-refractivity contribution is 0.413. The van der Waals surface area contributed by atoms with Crippen molar-refractivity contribution in [1.29, 1.82) is 0 Å². The summed E-state index contributed by atoms with van der Waals surface area (Å²) in [6, 6.07) is 16.8. The molecule has 0 amide bonds. The first-order valence-corrected chi connectivity index (χ1v) is 7.98. The fourth-order valence-corrected chi connectivity index (χ4v) is 2.61. The van der Waals surface area contributed by atoms with Crippen LogP contribution in [0.1, 0.15) is 24.1 Å². The molecule has 3 aromatic rings. The Balaban J connectivity index is 1.68. The number of hydrogen-bond donors (Lipinski definition) is 1. The lowest BCUT2D eigenvalue weighted by Gasteiger charge is -2.15. The van der Waals surface area contributed by atoms with Gasteiger partial charge < -0.3 is 10.1 Å². The first-order chi connectivity index (χ1) is 11.8. The summed E-state index contributed by atoms with van der Waals surface area (Å²) in [5, 5.41) is 3.56. The Labute approximate surface area is 142 Å². The summed E-state index contributed by atoms with van der Waals surface area (Å²) in [6.45, 7) is 2.95. The van der Waals surface area contributed by atoms with E-state index in [4.69, 9.17) is 4.74 Å². The second-order valence-corrected chi connectivity index (χ2v) is 5.71. The van der Waals surface area contributed by atoms with Gasteiger partial charge in [0, 0.05) is 30.5 Å². The van der Waals surface area contributed by atoms with Gasteiger partial charge in [0.25, 0.3) is 0 Å². The molecule has 1 N–H and O–H groups in total. The van der Waals surface area contributed by atoms with E-state index in [2.05, 4.69) is 58.6 Å². The molecule has 24 heavy (non-hydrogen) atoms. The zero-order valence-corrected chi connectivity index (χ0v) is 13.9. The predicted molar refractivity (Wildman–Crippen MR) is 95.7 cm³/mol. The first kappa shape index (κ1) is 16.1. The van der Waals surface area contributed by atoms with Crippen LogP contribution in [0.4, 0.5) is 0 Å². The largest absolute Gasteiger partial charge is 0.497 e. The Kier molecular flexibility index (Phi) is 5.18. The van der Waals surface area contributed by atoms with Crippen LogP contribution in [-0.4, -0.2) is 17.1 Å². The van der Waals surface area contributed by atoms with E-state index in [0.29, 0.717) is 0 Å². The lowest BCUT2D eigenvalue weighted by Crippen LogP contribution is -2.18. The number of ether oxygens (including phenoxy) is 1. The topological polar surface area (TPSA) is 47.0 Å². The van der Waals surface area contributed by atoms with Gasteiger partial charge >= 0.3 is 0 Å². The van der Waals surface area contributed by atoms with E-state index in [9.17, 15) is 0 Å². The summed E-state index contributed by atoms with van der Waals surface area (Å²) in [5.41, 5.74) is 4.59. The Morgan fingerprint density at radius 1 is 1.00 bits per heavy atom. The van der Waals surface area contributed by atoms with Gasteiger partial charge in [-0.05, 0) is 41.8 Å². The summed E-state index contributed by atoms with van der Waals surface area (Å²) in [4.78, 5) is 8.16. The van der Waals surface area contributed by atoms with Crippen LogP contribution in [0.3, 0.4) is 0 Å². The summed E-state index contributed by atoms with van der Waals surface area (Å²) in [5.74, 6) is 0.882. The quantitative estimate of drug-likeness (QED) is 0.746. The molecule has 1 aromatic heterocycles. The van der Waals surface area contributed by atoms with Crippen LogP contribution < -0.4 is 10.1 Å². The van der Waals surface area contributed by atoms with E-state index in [-0.39, 0.29) is 6.04 Å². The van der Waals surface area contributed by atoms with Crippen molar-refractivity contribution in [2.75, 3.05) is 7.11 Å². The molecular weight excluding hydrogens is 298 g/mol. The van der Waals surface area contributed by atoms with Gasteiger partial charge in [0.05, 0.1) is 7.11 Å². The van der Waals surface area contributed by atoms with E-state index in [1.165, 1.54) is 11.1 Å². The van der Waals surface area contributed by atoms with Crippen molar-refractivity contribution in [1.82, 2.24) is 15.3 Å². The van der Waals surface area contributed by atoms with E-state index in [1.54, 1.807) is 13.4 Å². The zero-order chi connectivity index (χ0) is 16.8. The number of rotatable bonds is 6. The third-order valence-corrected chi connectivity index (χ3v) is 4.03. The molecule has 0 saturated carbocycles. The summed E-state index contributed by atoms with van der Waals surface area (Å²) < 4.78 is 5.29. The molecule has 0 aliphatic carbocycles. The van der Waals surface area contributed by atoms with E-state index in [1.807, 2.05) is 24.5 Å². The van der Waals surface area contributed by atoms with Gasteiger partial charge in [-0.3, -0.25) is 0 Å². The standard InChI is InChI=1S/C20H21N3O/c1-15(17-6-4-8-20(10-17)24-2)23-11-16-5-3-7-18(9-16)19-12-21-14-22-13-19/h3-10,12-15,23H,11H2,1-2H3/t15-/m1/s1. The van der Waals surface area contributed by atoms with Crippen molar-refractivity contribution in [2.24, 2.45) is 0 Å². The molecule has 3 rings (SSSR count). The zero-order valence-electron chi connectivity index (χ0n) is 13.9. The van der Waals surface area contributed by atoms with Crippen LogP contribution in [0.2, 0.25) is 0 Å². The monoisotopic (exact) mass is 319 g/mol. The second-order valence-electron chi connectivity index (χ2n) is 5.71. The highest BCUT2D eigenvalue weighted by atomic mass is 16.5. The average molecular weight is 319 g/mol. The number of methoxy groups -OCH3 is 1. The molecule has 0 spiro atoms. The van der Waals surface area contributed by atoms with Gasteiger partial charge in [-0.15, -0.1) is 0 Å². The van der Waals surface area contributed by atoms with Gasteiger partial charge in [-0.2, -0.15) is 0 Å². The van der Waals surface area contributed by atoms with Crippen molar-refractivity contribution in [3.8, 4) is 16.9 Å². The van der Waals surface area contributed by atoms with Gasteiger partial charge in [-0.1, -0.05) is 30.3 Å². The minimum absolute atomic E-state index is 0.240. The van der Waals surface area contributed by atoms with Crippen LogP contribution in [0.5, 0.6) is 5.75 Å². The maximum Gasteiger partial charge on any atom is 0.119 e. The molecule has 0 fully saturated rings. The average Bonchev–Trinajstić information content (AvgIpc) is 2.67. The molecule has 0 radical (unpaired) electrons. The number of aromatic nitrogens is 2. The van der Waals surface area contributed by atoms with Crippen LogP contribution in [0.15, 0.2) is 67.3 Å². The molecule has 0 aliphatic rings. The van der Waals surface area contributed by atoms with Gasteiger partial charge in [0.1, 0.15) is 12.1 Å². The lowest BCUT2D eigenvalue weighted by atomic mass is 10.0. The Morgan fingerprint density at radius 2 is 1.79 bits per heavy atom. The normalized spacial score (nSPS) is 11.9. The molecule has 2 aromatic carbocycles. The molecule has 4 nitrogen and oxygen atoms in total. The SMILES string of the molecule is COc1cccc([C@@H](C)NCc2cccc(-c3cncnc3)c2)c1. The van der Waals surface area contributed by atoms with Crippen LogP contribution in [-0.2, 0) is 6.54 Å². The van der Waals surface area contributed by atoms with Gasteiger partial charge in [-0.25, -0.2) is 9.97 Å². The highest BCUT2D eigenvalue weighted by Crippen LogP contribution is 2.21. The third-order valence-electron chi connectivity index (χ3n) is 4.03. The second kappa shape index (κ2) is 7.70. The fraction of sp³-hybridized carbons (Fsp3) is 0.200. The number of hydrogen-bond acceptors (Lipinski definition) is 4. The summed E-state index contributed by atoms with van der Waals surface area (Å²) in [6.07, 6.45) is 5.21. The highest BCUT2D eigenvalue weighted by molar-refractivity contribution is 5.62. The van der Waals surface area contributed by atoms with Crippen LogP contribution in [0, 0.1) is 0 Å². The number of nitrogens with zero attached hydrogens (tertiary/aromatic N) is 2. The van der Waals surface area contributed by atoms with Crippen molar-refractivity contribution >= 4 is 0 Å². The predicted octanol–water partition coefficient (Wildman–Crippen LogP) is 4.00. The van der Waals surface area contributed by atoms with Crippen molar-refractivity contribution in [3.63, 3.8) is 0 Å². The van der Waals surface area contributed by atoms with Crippen molar-refractivity contribution in [3.05, 3.63) is 78.4 Å². The molecule has 1 atom stereocenters. The van der Waals surface area contributed by atoms with Crippen molar-refractivity contribution in [2.45, 2.75) is 19.5 Å².